The molecule has 2 unspecified atom stereocenters. The number of hydrogen-bond donors (Lipinski definition) is 1. The van der Waals surface area contributed by atoms with Crippen LogP contribution in [0, 0.1) is 5.92 Å². The van der Waals surface area contributed by atoms with Gasteiger partial charge in [0.1, 0.15) is 0 Å². The maximum absolute atomic E-state index is 3.44. The Morgan fingerprint density at radius 1 is 1.00 bits per heavy atom. The van der Waals surface area contributed by atoms with Gasteiger partial charge in [-0.1, -0.05) is 24.3 Å². The minimum Gasteiger partial charge on any atom is -0.313 e. The van der Waals surface area contributed by atoms with Crippen LogP contribution in [0.5, 0.6) is 0 Å². The summed E-state index contributed by atoms with van der Waals surface area (Å²) in [5.74, 6) is 1.87. The molecule has 2 aliphatic rings. The minimum absolute atomic E-state index is 0.594. The van der Waals surface area contributed by atoms with E-state index in [1.54, 1.807) is 11.1 Å². The summed E-state index contributed by atoms with van der Waals surface area (Å²) < 4.78 is 0. The molecule has 0 aliphatic heterocycles. The fourth-order valence-electron chi connectivity index (χ4n) is 3.11. The Morgan fingerprint density at radius 3 is 2.40 bits per heavy atom. The molecule has 0 aromatic heterocycles. The standard InChI is InChI=1S/C14H19N/c1-15-14-9-8-11(10-6-7-10)12-4-2-3-5-13(12)14/h2-5,10-11,14-15H,6-9H2,1H3. The maximum atomic E-state index is 3.44. The normalized spacial score (nSPS) is 29.9. The van der Waals surface area contributed by atoms with Crippen molar-refractivity contribution in [1.29, 1.82) is 0 Å². The van der Waals surface area contributed by atoms with Gasteiger partial charge in [-0.15, -0.1) is 0 Å². The van der Waals surface area contributed by atoms with Crippen LogP contribution < -0.4 is 5.32 Å². The van der Waals surface area contributed by atoms with E-state index in [0.29, 0.717) is 6.04 Å². The Kier molecular flexibility index (Phi) is 2.28. The van der Waals surface area contributed by atoms with Crippen LogP contribution in [0.3, 0.4) is 0 Å². The van der Waals surface area contributed by atoms with Crippen molar-refractivity contribution < 1.29 is 0 Å². The predicted molar refractivity (Wildman–Crippen MR) is 62.9 cm³/mol. The first kappa shape index (κ1) is 9.41. The molecule has 1 fully saturated rings. The minimum atomic E-state index is 0.594. The van der Waals surface area contributed by atoms with Crippen molar-refractivity contribution in [3.63, 3.8) is 0 Å². The lowest BCUT2D eigenvalue weighted by molar-refractivity contribution is 0.421. The van der Waals surface area contributed by atoms with Crippen molar-refractivity contribution in [2.45, 2.75) is 37.6 Å². The van der Waals surface area contributed by atoms with E-state index in [2.05, 4.69) is 36.6 Å². The van der Waals surface area contributed by atoms with E-state index in [-0.39, 0.29) is 0 Å². The van der Waals surface area contributed by atoms with Crippen molar-refractivity contribution in [1.82, 2.24) is 5.32 Å². The van der Waals surface area contributed by atoms with Gasteiger partial charge < -0.3 is 5.32 Å². The summed E-state index contributed by atoms with van der Waals surface area (Å²) in [6.45, 7) is 0. The molecule has 1 aromatic rings. The molecule has 0 heterocycles. The first-order valence-corrected chi connectivity index (χ1v) is 6.16. The van der Waals surface area contributed by atoms with Crippen LogP contribution in [-0.2, 0) is 0 Å². The molecule has 2 atom stereocenters. The van der Waals surface area contributed by atoms with E-state index < -0.39 is 0 Å². The number of fused-ring (bicyclic) bond motifs is 1. The summed E-state index contributed by atoms with van der Waals surface area (Å²) in [6.07, 6.45) is 5.62. The molecular weight excluding hydrogens is 182 g/mol. The summed E-state index contributed by atoms with van der Waals surface area (Å²) >= 11 is 0. The van der Waals surface area contributed by atoms with Gasteiger partial charge in [-0.05, 0) is 55.7 Å². The van der Waals surface area contributed by atoms with Crippen LogP contribution in [0.25, 0.3) is 0 Å². The molecule has 15 heavy (non-hydrogen) atoms. The van der Waals surface area contributed by atoms with Crippen LogP contribution in [0.15, 0.2) is 24.3 Å². The van der Waals surface area contributed by atoms with Crippen LogP contribution >= 0.6 is 0 Å². The predicted octanol–water partition coefficient (Wildman–Crippen LogP) is 3.23. The van der Waals surface area contributed by atoms with Crippen molar-refractivity contribution in [3.05, 3.63) is 35.4 Å². The highest BCUT2D eigenvalue weighted by molar-refractivity contribution is 5.36. The van der Waals surface area contributed by atoms with E-state index >= 15 is 0 Å². The first-order valence-electron chi connectivity index (χ1n) is 6.16. The molecule has 0 radical (unpaired) electrons. The summed E-state index contributed by atoms with van der Waals surface area (Å²) in [6, 6.07) is 9.63. The molecule has 0 amide bonds. The third-order valence-electron chi connectivity index (χ3n) is 4.08. The Balaban J connectivity index is 1.99. The number of hydrogen-bond acceptors (Lipinski definition) is 1. The van der Waals surface area contributed by atoms with Gasteiger partial charge in [0.2, 0.25) is 0 Å². The zero-order valence-corrected chi connectivity index (χ0v) is 9.37. The summed E-state index contributed by atoms with van der Waals surface area (Å²) in [4.78, 5) is 0. The van der Waals surface area contributed by atoms with Gasteiger partial charge >= 0.3 is 0 Å². The quantitative estimate of drug-likeness (QED) is 0.774. The summed E-state index contributed by atoms with van der Waals surface area (Å²) in [5, 5.41) is 3.44. The third kappa shape index (κ3) is 1.59. The van der Waals surface area contributed by atoms with Crippen molar-refractivity contribution in [2.24, 2.45) is 5.92 Å². The van der Waals surface area contributed by atoms with Gasteiger partial charge in [-0.3, -0.25) is 0 Å². The van der Waals surface area contributed by atoms with E-state index in [0.717, 1.165) is 11.8 Å². The van der Waals surface area contributed by atoms with Crippen LogP contribution in [-0.4, -0.2) is 7.05 Å². The van der Waals surface area contributed by atoms with E-state index in [9.17, 15) is 0 Å². The first-order chi connectivity index (χ1) is 7.40. The second-order valence-electron chi connectivity index (χ2n) is 4.99. The molecule has 1 N–H and O–H groups in total. The lowest BCUT2D eigenvalue weighted by Crippen LogP contribution is -2.24. The van der Waals surface area contributed by atoms with Crippen LogP contribution in [0.4, 0.5) is 0 Å². The molecule has 2 aliphatic carbocycles. The van der Waals surface area contributed by atoms with Gasteiger partial charge in [-0.25, -0.2) is 0 Å². The van der Waals surface area contributed by atoms with Gasteiger partial charge in [-0.2, -0.15) is 0 Å². The Hall–Kier alpha value is -0.820. The Labute approximate surface area is 91.9 Å². The second-order valence-corrected chi connectivity index (χ2v) is 4.99. The Morgan fingerprint density at radius 2 is 1.73 bits per heavy atom. The van der Waals surface area contributed by atoms with Gasteiger partial charge in [0.25, 0.3) is 0 Å². The van der Waals surface area contributed by atoms with Gasteiger partial charge in [0.15, 0.2) is 0 Å². The van der Waals surface area contributed by atoms with Crippen molar-refractivity contribution >= 4 is 0 Å². The maximum Gasteiger partial charge on any atom is 0.0320 e. The molecule has 1 aromatic carbocycles. The Bertz CT molecular complexity index is 354. The van der Waals surface area contributed by atoms with Crippen LogP contribution in [0.2, 0.25) is 0 Å². The highest BCUT2D eigenvalue weighted by Gasteiger charge is 2.36. The highest BCUT2D eigenvalue weighted by Crippen LogP contribution is 2.50. The monoisotopic (exact) mass is 201 g/mol. The van der Waals surface area contributed by atoms with Crippen molar-refractivity contribution in [3.8, 4) is 0 Å². The lowest BCUT2D eigenvalue weighted by Gasteiger charge is -2.31. The van der Waals surface area contributed by atoms with Gasteiger partial charge in [0.05, 0.1) is 0 Å². The van der Waals surface area contributed by atoms with Gasteiger partial charge in [0, 0.05) is 6.04 Å². The third-order valence-corrected chi connectivity index (χ3v) is 4.08. The fourth-order valence-corrected chi connectivity index (χ4v) is 3.11. The van der Waals surface area contributed by atoms with Crippen molar-refractivity contribution in [2.75, 3.05) is 7.05 Å². The second kappa shape index (κ2) is 3.64. The SMILES string of the molecule is CNC1CCC(C2CC2)c2ccccc21. The highest BCUT2D eigenvalue weighted by atomic mass is 14.9. The van der Waals surface area contributed by atoms with E-state index in [1.807, 2.05) is 0 Å². The molecule has 0 bridgehead atoms. The molecule has 80 valence electrons. The number of benzene rings is 1. The average Bonchev–Trinajstić information content (AvgIpc) is 3.11. The van der Waals surface area contributed by atoms with E-state index in [1.165, 1.54) is 25.7 Å². The molecule has 1 nitrogen and oxygen atoms in total. The average molecular weight is 201 g/mol. The molecule has 1 saturated carbocycles. The molecule has 0 spiro atoms. The van der Waals surface area contributed by atoms with Crippen LogP contribution in [0.1, 0.15) is 48.8 Å². The molecule has 0 saturated heterocycles. The smallest absolute Gasteiger partial charge is 0.0320 e. The molecule has 3 rings (SSSR count). The topological polar surface area (TPSA) is 12.0 Å². The largest absolute Gasteiger partial charge is 0.313 e. The lowest BCUT2D eigenvalue weighted by atomic mass is 9.78. The van der Waals surface area contributed by atoms with E-state index in [4.69, 9.17) is 0 Å². The zero-order valence-electron chi connectivity index (χ0n) is 9.37. The zero-order chi connectivity index (χ0) is 10.3. The number of nitrogens with one attached hydrogen (secondary N) is 1. The number of rotatable bonds is 2. The molecule has 1 heteroatoms. The molecular formula is C14H19N. The summed E-state index contributed by atoms with van der Waals surface area (Å²) in [7, 11) is 2.08. The fraction of sp³-hybridized carbons (Fsp3) is 0.571. The summed E-state index contributed by atoms with van der Waals surface area (Å²) in [5.41, 5.74) is 3.19.